The topological polar surface area (TPSA) is 59.8 Å². The molecule has 0 fully saturated rings. The lowest BCUT2D eigenvalue weighted by molar-refractivity contribution is 0.0950. The molecule has 2 aromatic heterocycles. The molecule has 0 aliphatic heterocycles. The Kier molecular flexibility index (Phi) is 4.98. The number of nitrogens with one attached hydrogen (secondary N) is 1. The second kappa shape index (κ2) is 7.72. The Morgan fingerprint density at radius 1 is 1.04 bits per heavy atom. The SMILES string of the molecule is O=C(NCc1cccc(Cn2cnc3ccccc32)c1)c1cncc(Br)c1. The number of benzene rings is 2. The van der Waals surface area contributed by atoms with Crippen molar-refractivity contribution in [2.45, 2.75) is 13.1 Å². The van der Waals surface area contributed by atoms with E-state index in [1.807, 2.05) is 36.7 Å². The van der Waals surface area contributed by atoms with Crippen LogP contribution in [0.3, 0.4) is 0 Å². The van der Waals surface area contributed by atoms with E-state index < -0.39 is 0 Å². The minimum absolute atomic E-state index is 0.144. The van der Waals surface area contributed by atoms with Crippen molar-refractivity contribution in [1.29, 1.82) is 0 Å². The van der Waals surface area contributed by atoms with Crippen LogP contribution in [0.25, 0.3) is 11.0 Å². The van der Waals surface area contributed by atoms with Crippen LogP contribution in [0.2, 0.25) is 0 Å². The Morgan fingerprint density at radius 2 is 1.89 bits per heavy atom. The van der Waals surface area contributed by atoms with E-state index in [0.29, 0.717) is 12.1 Å². The first-order valence-electron chi connectivity index (χ1n) is 8.55. The number of carbonyl (C=O) groups excluding carboxylic acids is 1. The van der Waals surface area contributed by atoms with Crippen LogP contribution in [0.4, 0.5) is 0 Å². The number of aromatic nitrogens is 3. The molecule has 0 radical (unpaired) electrons. The van der Waals surface area contributed by atoms with E-state index in [2.05, 4.69) is 54.0 Å². The maximum Gasteiger partial charge on any atom is 0.253 e. The van der Waals surface area contributed by atoms with Gasteiger partial charge in [0.1, 0.15) is 0 Å². The second-order valence-electron chi connectivity index (χ2n) is 6.26. The molecule has 1 N–H and O–H groups in total. The van der Waals surface area contributed by atoms with Crippen molar-refractivity contribution in [1.82, 2.24) is 19.9 Å². The number of imidazole rings is 1. The van der Waals surface area contributed by atoms with Crippen molar-refractivity contribution in [3.63, 3.8) is 0 Å². The van der Waals surface area contributed by atoms with Gasteiger partial charge in [-0.15, -0.1) is 0 Å². The van der Waals surface area contributed by atoms with Crippen molar-refractivity contribution < 1.29 is 4.79 Å². The van der Waals surface area contributed by atoms with Crippen LogP contribution in [0.1, 0.15) is 21.5 Å². The van der Waals surface area contributed by atoms with Gasteiger partial charge in [-0.2, -0.15) is 0 Å². The molecular weight excluding hydrogens is 404 g/mol. The predicted molar refractivity (Wildman–Crippen MR) is 108 cm³/mol. The maximum atomic E-state index is 12.3. The second-order valence-corrected chi connectivity index (χ2v) is 7.17. The molecule has 27 heavy (non-hydrogen) atoms. The minimum atomic E-state index is -0.144. The molecule has 0 atom stereocenters. The summed E-state index contributed by atoms with van der Waals surface area (Å²) >= 11 is 3.33. The summed E-state index contributed by atoms with van der Waals surface area (Å²) in [4.78, 5) is 20.7. The van der Waals surface area contributed by atoms with E-state index in [0.717, 1.165) is 33.2 Å². The number of hydrogen-bond acceptors (Lipinski definition) is 3. The van der Waals surface area contributed by atoms with Crippen LogP contribution in [0.5, 0.6) is 0 Å². The summed E-state index contributed by atoms with van der Waals surface area (Å²) in [5.74, 6) is -0.144. The summed E-state index contributed by atoms with van der Waals surface area (Å²) in [5.41, 5.74) is 4.84. The van der Waals surface area contributed by atoms with Crippen LogP contribution in [-0.4, -0.2) is 20.4 Å². The number of carbonyl (C=O) groups is 1. The molecule has 2 aromatic carbocycles. The zero-order valence-electron chi connectivity index (χ0n) is 14.5. The number of hydrogen-bond donors (Lipinski definition) is 1. The lowest BCUT2D eigenvalue weighted by atomic mass is 10.1. The number of amides is 1. The molecular formula is C21H17BrN4O. The van der Waals surface area contributed by atoms with E-state index in [9.17, 15) is 4.79 Å². The van der Waals surface area contributed by atoms with Crippen molar-refractivity contribution in [3.05, 3.63) is 94.5 Å². The van der Waals surface area contributed by atoms with Gasteiger partial charge in [0, 0.05) is 30.0 Å². The van der Waals surface area contributed by atoms with Gasteiger partial charge in [0.25, 0.3) is 5.91 Å². The van der Waals surface area contributed by atoms with Crippen LogP contribution in [0.15, 0.2) is 77.8 Å². The van der Waals surface area contributed by atoms with Crippen LogP contribution < -0.4 is 5.32 Å². The van der Waals surface area contributed by atoms with Crippen molar-refractivity contribution in [2.24, 2.45) is 0 Å². The highest BCUT2D eigenvalue weighted by Crippen LogP contribution is 2.15. The molecule has 134 valence electrons. The summed E-state index contributed by atoms with van der Waals surface area (Å²) in [6, 6.07) is 18.0. The summed E-state index contributed by atoms with van der Waals surface area (Å²) in [5, 5.41) is 2.94. The van der Waals surface area contributed by atoms with Gasteiger partial charge in [-0.05, 0) is 45.3 Å². The Hall–Kier alpha value is -2.99. The first-order valence-corrected chi connectivity index (χ1v) is 9.35. The number of halogens is 1. The highest BCUT2D eigenvalue weighted by molar-refractivity contribution is 9.10. The number of pyridine rings is 1. The van der Waals surface area contributed by atoms with Crippen LogP contribution in [0, 0.1) is 0 Å². The number of rotatable bonds is 5. The highest BCUT2D eigenvalue weighted by Gasteiger charge is 2.07. The molecule has 4 aromatic rings. The fourth-order valence-electron chi connectivity index (χ4n) is 2.99. The molecule has 4 rings (SSSR count). The lowest BCUT2D eigenvalue weighted by Crippen LogP contribution is -2.23. The van der Waals surface area contributed by atoms with Crippen LogP contribution >= 0.6 is 15.9 Å². The standard InChI is InChI=1S/C21H17BrN4O/c22-18-9-17(11-23-12-18)21(27)24-10-15-4-3-5-16(8-15)13-26-14-25-19-6-1-2-7-20(19)26/h1-9,11-12,14H,10,13H2,(H,24,27). The third kappa shape index (κ3) is 4.06. The van der Waals surface area contributed by atoms with Gasteiger partial charge in [-0.25, -0.2) is 4.98 Å². The molecule has 0 unspecified atom stereocenters. The van der Waals surface area contributed by atoms with E-state index >= 15 is 0 Å². The molecule has 1 amide bonds. The molecule has 0 saturated heterocycles. The zero-order valence-corrected chi connectivity index (χ0v) is 16.1. The molecule has 0 aliphatic carbocycles. The summed E-state index contributed by atoms with van der Waals surface area (Å²) < 4.78 is 2.91. The van der Waals surface area contributed by atoms with Crippen molar-refractivity contribution >= 4 is 32.9 Å². The average Bonchev–Trinajstić information content (AvgIpc) is 3.09. The molecule has 0 bridgehead atoms. The quantitative estimate of drug-likeness (QED) is 0.526. The summed E-state index contributed by atoms with van der Waals surface area (Å²) in [7, 11) is 0. The third-order valence-electron chi connectivity index (χ3n) is 4.29. The molecule has 0 aliphatic rings. The third-order valence-corrected chi connectivity index (χ3v) is 4.73. The maximum absolute atomic E-state index is 12.3. The first kappa shape index (κ1) is 17.4. The number of para-hydroxylation sites is 2. The Balaban J connectivity index is 1.45. The van der Waals surface area contributed by atoms with E-state index in [-0.39, 0.29) is 5.91 Å². The normalized spacial score (nSPS) is 10.9. The Bertz CT molecular complexity index is 1110. The van der Waals surface area contributed by atoms with E-state index in [1.54, 1.807) is 18.5 Å². The summed E-state index contributed by atoms with van der Waals surface area (Å²) in [6.07, 6.45) is 5.07. The molecule has 0 saturated carbocycles. The smallest absolute Gasteiger partial charge is 0.253 e. The van der Waals surface area contributed by atoms with Gasteiger partial charge in [-0.3, -0.25) is 9.78 Å². The highest BCUT2D eigenvalue weighted by atomic mass is 79.9. The van der Waals surface area contributed by atoms with Crippen molar-refractivity contribution in [2.75, 3.05) is 0 Å². The van der Waals surface area contributed by atoms with Gasteiger partial charge < -0.3 is 9.88 Å². The van der Waals surface area contributed by atoms with Gasteiger partial charge in [0.05, 0.1) is 22.9 Å². The molecule has 5 nitrogen and oxygen atoms in total. The van der Waals surface area contributed by atoms with Gasteiger partial charge in [0.2, 0.25) is 0 Å². The fraction of sp³-hybridized carbons (Fsp3) is 0.0952. The largest absolute Gasteiger partial charge is 0.348 e. The predicted octanol–water partition coefficient (Wildman–Crippen LogP) is 4.17. The van der Waals surface area contributed by atoms with Gasteiger partial charge in [-0.1, -0.05) is 36.4 Å². The molecule has 2 heterocycles. The van der Waals surface area contributed by atoms with Gasteiger partial charge in [0.15, 0.2) is 0 Å². The van der Waals surface area contributed by atoms with E-state index in [4.69, 9.17) is 0 Å². The summed E-state index contributed by atoms with van der Waals surface area (Å²) in [6.45, 7) is 1.20. The average molecular weight is 421 g/mol. The number of nitrogens with zero attached hydrogens (tertiary/aromatic N) is 3. The molecule has 0 spiro atoms. The first-order chi connectivity index (χ1) is 13.2. The molecule has 6 heteroatoms. The zero-order chi connectivity index (χ0) is 18.6. The van der Waals surface area contributed by atoms with Crippen LogP contribution in [-0.2, 0) is 13.1 Å². The van der Waals surface area contributed by atoms with E-state index in [1.165, 1.54) is 0 Å². The van der Waals surface area contributed by atoms with Crippen molar-refractivity contribution in [3.8, 4) is 0 Å². The minimum Gasteiger partial charge on any atom is -0.348 e. The Labute approximate surface area is 165 Å². The number of fused-ring (bicyclic) bond motifs is 1. The Morgan fingerprint density at radius 3 is 2.78 bits per heavy atom. The lowest BCUT2D eigenvalue weighted by Gasteiger charge is -2.09. The monoisotopic (exact) mass is 420 g/mol. The van der Waals surface area contributed by atoms with Gasteiger partial charge >= 0.3 is 0 Å². The fourth-order valence-corrected chi connectivity index (χ4v) is 3.36.